The highest BCUT2D eigenvalue weighted by molar-refractivity contribution is 9.10. The molecular formula is C7H7BrN2. The van der Waals surface area contributed by atoms with Crippen LogP contribution in [0, 0.1) is 0 Å². The van der Waals surface area contributed by atoms with Gasteiger partial charge in [-0.25, -0.2) is 0 Å². The standard InChI is InChI=1S/C7H7BrN2/c8-6-3-9-4-7-5(6)1-2-10-7/h3-4,10H,1-2H2. The van der Waals surface area contributed by atoms with E-state index in [1.54, 1.807) is 0 Å². The van der Waals surface area contributed by atoms with Crippen LogP contribution in [-0.4, -0.2) is 11.5 Å². The molecule has 0 saturated carbocycles. The van der Waals surface area contributed by atoms with Crippen molar-refractivity contribution in [1.29, 1.82) is 0 Å². The number of anilines is 1. The molecule has 2 heterocycles. The van der Waals surface area contributed by atoms with Crippen LogP contribution in [0.4, 0.5) is 5.69 Å². The smallest absolute Gasteiger partial charge is 0.0571 e. The molecule has 1 aromatic rings. The molecule has 0 atom stereocenters. The molecule has 2 rings (SSSR count). The number of aromatic nitrogens is 1. The van der Waals surface area contributed by atoms with Gasteiger partial charge in [-0.3, -0.25) is 4.98 Å². The first kappa shape index (κ1) is 6.16. The Morgan fingerprint density at radius 3 is 3.20 bits per heavy atom. The largest absolute Gasteiger partial charge is 0.383 e. The lowest BCUT2D eigenvalue weighted by molar-refractivity contribution is 1.10. The van der Waals surface area contributed by atoms with Gasteiger partial charge in [-0.1, -0.05) is 0 Å². The van der Waals surface area contributed by atoms with E-state index in [4.69, 9.17) is 0 Å². The third-order valence-electron chi connectivity index (χ3n) is 1.70. The highest BCUT2D eigenvalue weighted by Gasteiger charge is 2.11. The van der Waals surface area contributed by atoms with E-state index in [0.717, 1.165) is 17.4 Å². The van der Waals surface area contributed by atoms with Crippen LogP contribution in [0.5, 0.6) is 0 Å². The van der Waals surface area contributed by atoms with Crippen molar-refractivity contribution in [3.05, 3.63) is 22.4 Å². The van der Waals surface area contributed by atoms with E-state index in [1.165, 1.54) is 11.3 Å². The Kier molecular flexibility index (Phi) is 1.38. The minimum Gasteiger partial charge on any atom is -0.383 e. The first-order valence-corrected chi connectivity index (χ1v) is 4.03. The fourth-order valence-corrected chi connectivity index (χ4v) is 1.72. The first-order chi connectivity index (χ1) is 4.88. The summed E-state index contributed by atoms with van der Waals surface area (Å²) in [5.41, 5.74) is 2.53. The number of nitrogens with zero attached hydrogens (tertiary/aromatic N) is 1. The molecule has 1 aromatic heterocycles. The Bertz CT molecular complexity index is 260. The van der Waals surface area contributed by atoms with E-state index >= 15 is 0 Å². The Morgan fingerprint density at radius 2 is 2.40 bits per heavy atom. The van der Waals surface area contributed by atoms with Gasteiger partial charge in [0.05, 0.1) is 11.9 Å². The Balaban J connectivity index is 2.59. The summed E-state index contributed by atoms with van der Waals surface area (Å²) < 4.78 is 1.12. The van der Waals surface area contributed by atoms with Crippen molar-refractivity contribution in [2.24, 2.45) is 0 Å². The lowest BCUT2D eigenvalue weighted by atomic mass is 10.2. The Morgan fingerprint density at radius 1 is 1.50 bits per heavy atom. The van der Waals surface area contributed by atoms with Crippen LogP contribution in [0.25, 0.3) is 0 Å². The third-order valence-corrected chi connectivity index (χ3v) is 2.38. The van der Waals surface area contributed by atoms with Gasteiger partial charge in [0.1, 0.15) is 0 Å². The minimum atomic E-state index is 1.04. The molecule has 0 radical (unpaired) electrons. The van der Waals surface area contributed by atoms with Crippen LogP contribution >= 0.6 is 15.9 Å². The van der Waals surface area contributed by atoms with Gasteiger partial charge in [0.25, 0.3) is 0 Å². The molecule has 0 bridgehead atoms. The van der Waals surface area contributed by atoms with Gasteiger partial charge >= 0.3 is 0 Å². The van der Waals surface area contributed by atoms with Crippen LogP contribution in [0.2, 0.25) is 0 Å². The molecule has 0 fully saturated rings. The summed E-state index contributed by atoms with van der Waals surface area (Å²) in [6.07, 6.45) is 4.82. The van der Waals surface area contributed by atoms with E-state index in [9.17, 15) is 0 Å². The molecule has 0 aromatic carbocycles. The predicted octanol–water partition coefficient (Wildman–Crippen LogP) is 1.81. The molecule has 10 heavy (non-hydrogen) atoms. The van der Waals surface area contributed by atoms with Gasteiger partial charge in [-0.15, -0.1) is 0 Å². The maximum atomic E-state index is 4.05. The van der Waals surface area contributed by atoms with E-state index in [2.05, 4.69) is 26.2 Å². The van der Waals surface area contributed by atoms with Crippen LogP contribution in [-0.2, 0) is 6.42 Å². The van der Waals surface area contributed by atoms with Gasteiger partial charge in [0, 0.05) is 17.2 Å². The zero-order valence-electron chi connectivity index (χ0n) is 5.39. The second kappa shape index (κ2) is 2.23. The van der Waals surface area contributed by atoms with E-state index in [-0.39, 0.29) is 0 Å². The zero-order valence-corrected chi connectivity index (χ0v) is 6.98. The molecule has 52 valence electrons. The zero-order chi connectivity index (χ0) is 6.97. The molecule has 1 aliphatic heterocycles. The molecule has 3 heteroatoms. The van der Waals surface area contributed by atoms with Crippen molar-refractivity contribution in [2.75, 3.05) is 11.9 Å². The van der Waals surface area contributed by atoms with Crippen LogP contribution in [0.15, 0.2) is 16.9 Å². The van der Waals surface area contributed by atoms with Crippen molar-refractivity contribution in [2.45, 2.75) is 6.42 Å². The summed E-state index contributed by atoms with van der Waals surface area (Å²) in [6.45, 7) is 1.04. The number of hydrogen-bond donors (Lipinski definition) is 1. The van der Waals surface area contributed by atoms with E-state index < -0.39 is 0 Å². The first-order valence-electron chi connectivity index (χ1n) is 3.24. The highest BCUT2D eigenvalue weighted by Crippen LogP contribution is 2.27. The molecule has 0 unspecified atom stereocenters. The van der Waals surface area contributed by atoms with Crippen molar-refractivity contribution < 1.29 is 0 Å². The Hall–Kier alpha value is -0.570. The quantitative estimate of drug-likeness (QED) is 0.689. The number of hydrogen-bond acceptors (Lipinski definition) is 2. The van der Waals surface area contributed by atoms with Crippen molar-refractivity contribution in [3.8, 4) is 0 Å². The fourth-order valence-electron chi connectivity index (χ4n) is 1.19. The lowest BCUT2D eigenvalue weighted by Gasteiger charge is -1.98. The molecule has 0 amide bonds. The molecular weight excluding hydrogens is 192 g/mol. The maximum absolute atomic E-state index is 4.05. The van der Waals surface area contributed by atoms with Crippen LogP contribution in [0.3, 0.4) is 0 Å². The van der Waals surface area contributed by atoms with Crippen LogP contribution in [0.1, 0.15) is 5.56 Å². The minimum absolute atomic E-state index is 1.04. The monoisotopic (exact) mass is 198 g/mol. The van der Waals surface area contributed by atoms with Crippen molar-refractivity contribution in [3.63, 3.8) is 0 Å². The number of fused-ring (bicyclic) bond motifs is 1. The topological polar surface area (TPSA) is 24.9 Å². The highest BCUT2D eigenvalue weighted by atomic mass is 79.9. The van der Waals surface area contributed by atoms with Crippen LogP contribution < -0.4 is 5.32 Å². The van der Waals surface area contributed by atoms with Gasteiger partial charge in [-0.2, -0.15) is 0 Å². The van der Waals surface area contributed by atoms with E-state index in [1.807, 2.05) is 12.4 Å². The average molecular weight is 199 g/mol. The number of halogens is 1. The Labute approximate surface area is 67.8 Å². The molecule has 2 nitrogen and oxygen atoms in total. The number of pyridine rings is 1. The normalized spacial score (nSPS) is 14.5. The van der Waals surface area contributed by atoms with E-state index in [0.29, 0.717) is 0 Å². The summed E-state index contributed by atoms with van der Waals surface area (Å²) in [6, 6.07) is 0. The number of nitrogens with one attached hydrogen (secondary N) is 1. The summed E-state index contributed by atoms with van der Waals surface area (Å²) in [7, 11) is 0. The molecule has 1 N–H and O–H groups in total. The third kappa shape index (κ3) is 0.814. The molecule has 0 aliphatic carbocycles. The second-order valence-electron chi connectivity index (χ2n) is 2.32. The summed E-state index contributed by atoms with van der Waals surface area (Å²) >= 11 is 3.44. The summed E-state index contributed by atoms with van der Waals surface area (Å²) in [4.78, 5) is 4.05. The maximum Gasteiger partial charge on any atom is 0.0571 e. The van der Waals surface area contributed by atoms with Crippen molar-refractivity contribution >= 4 is 21.6 Å². The fraction of sp³-hybridized carbons (Fsp3) is 0.286. The summed E-state index contributed by atoms with van der Waals surface area (Å²) in [5.74, 6) is 0. The lowest BCUT2D eigenvalue weighted by Crippen LogP contribution is -1.90. The summed E-state index contributed by atoms with van der Waals surface area (Å²) in [5, 5.41) is 3.25. The number of rotatable bonds is 0. The van der Waals surface area contributed by atoms with Crippen molar-refractivity contribution in [1.82, 2.24) is 4.98 Å². The predicted molar refractivity (Wildman–Crippen MR) is 44.1 cm³/mol. The van der Waals surface area contributed by atoms with Gasteiger partial charge in [0.2, 0.25) is 0 Å². The second-order valence-corrected chi connectivity index (χ2v) is 3.18. The molecule has 0 spiro atoms. The van der Waals surface area contributed by atoms with Gasteiger partial charge in [-0.05, 0) is 27.9 Å². The molecule has 1 aliphatic rings. The average Bonchev–Trinajstić information content (AvgIpc) is 2.36. The van der Waals surface area contributed by atoms with Gasteiger partial charge < -0.3 is 5.32 Å². The van der Waals surface area contributed by atoms with Gasteiger partial charge in [0.15, 0.2) is 0 Å². The molecule has 0 saturated heterocycles. The SMILES string of the molecule is Brc1cncc2c1CCN2.